The summed E-state index contributed by atoms with van der Waals surface area (Å²) in [4.78, 5) is 23.4. The van der Waals surface area contributed by atoms with Crippen LogP contribution in [-0.4, -0.2) is 31.1 Å². The number of aryl methyl sites for hydroxylation is 1. The number of rotatable bonds is 4. The van der Waals surface area contributed by atoms with Gasteiger partial charge in [-0.05, 0) is 36.2 Å². The summed E-state index contributed by atoms with van der Waals surface area (Å²) < 4.78 is 31.7. The topological polar surface area (TPSA) is 92.8 Å². The Balaban J connectivity index is 1.69. The van der Waals surface area contributed by atoms with E-state index in [1.807, 2.05) is 23.8 Å². The molecule has 1 heterocycles. The molecule has 0 unspecified atom stereocenters. The van der Waals surface area contributed by atoms with Gasteiger partial charge in [0.25, 0.3) is 0 Å². The van der Waals surface area contributed by atoms with Crippen molar-refractivity contribution in [2.24, 2.45) is 0 Å². The van der Waals surface area contributed by atoms with Gasteiger partial charge in [0.05, 0.1) is 12.1 Å². The molecule has 0 aliphatic carbocycles. The number of benzene rings is 2. The molecule has 0 atom stereocenters. The van der Waals surface area contributed by atoms with E-state index in [2.05, 4.69) is 0 Å². The van der Waals surface area contributed by atoms with Gasteiger partial charge in [-0.2, -0.15) is 12.7 Å². The van der Waals surface area contributed by atoms with Crippen LogP contribution in [0.1, 0.15) is 21.5 Å². The fourth-order valence-electron chi connectivity index (χ4n) is 2.41. The van der Waals surface area contributed by atoms with Gasteiger partial charge in [-0.25, -0.2) is 9.52 Å². The molecule has 2 aromatic carbocycles. The first kappa shape index (κ1) is 17.1. The number of amides is 1. The number of ether oxygens (including phenoxy) is 1. The molecule has 1 aliphatic rings. The highest BCUT2D eigenvalue weighted by atomic mass is 32.2. The van der Waals surface area contributed by atoms with E-state index in [1.54, 1.807) is 36.4 Å². The number of esters is 1. The predicted molar refractivity (Wildman–Crippen MR) is 90.1 cm³/mol. The number of nitrogens with zero attached hydrogens (tertiary/aromatic N) is 1. The molecule has 0 bridgehead atoms. The van der Waals surface area contributed by atoms with Gasteiger partial charge < -0.3 is 4.74 Å². The Morgan fingerprint density at radius 2 is 1.84 bits per heavy atom. The van der Waals surface area contributed by atoms with Crippen LogP contribution in [0.3, 0.4) is 0 Å². The van der Waals surface area contributed by atoms with E-state index in [-0.39, 0.29) is 13.1 Å². The van der Waals surface area contributed by atoms with Crippen LogP contribution < -0.4 is 9.46 Å². The van der Waals surface area contributed by atoms with E-state index in [9.17, 15) is 18.0 Å². The standard InChI is InChI=1S/C17H16N2O5S/c1-12-4-2-3-5-15(12)24-17(21)14-8-6-13(7-9-14)10-19-11-16(20)18-25(19,22)23/h2-9H,10-11H2,1H3,(H,18,20). The van der Waals surface area contributed by atoms with Gasteiger partial charge in [-0.3, -0.25) is 4.79 Å². The number of hydrogen-bond donors (Lipinski definition) is 1. The monoisotopic (exact) mass is 360 g/mol. The lowest BCUT2D eigenvalue weighted by molar-refractivity contribution is -0.118. The molecule has 1 saturated heterocycles. The second-order valence-corrected chi connectivity index (χ2v) is 7.32. The molecule has 25 heavy (non-hydrogen) atoms. The van der Waals surface area contributed by atoms with Crippen molar-refractivity contribution in [3.8, 4) is 5.75 Å². The molecule has 3 rings (SSSR count). The maximum Gasteiger partial charge on any atom is 0.343 e. The van der Waals surface area contributed by atoms with Crippen molar-refractivity contribution in [1.82, 2.24) is 9.03 Å². The van der Waals surface area contributed by atoms with Gasteiger partial charge in [0.15, 0.2) is 0 Å². The highest BCUT2D eigenvalue weighted by Gasteiger charge is 2.33. The van der Waals surface area contributed by atoms with E-state index < -0.39 is 22.1 Å². The molecule has 1 aliphatic heterocycles. The van der Waals surface area contributed by atoms with Crippen LogP contribution in [0.25, 0.3) is 0 Å². The van der Waals surface area contributed by atoms with E-state index in [0.29, 0.717) is 16.9 Å². The van der Waals surface area contributed by atoms with E-state index in [0.717, 1.165) is 9.87 Å². The maximum absolute atomic E-state index is 12.2. The lowest BCUT2D eigenvalue weighted by Crippen LogP contribution is -2.29. The summed E-state index contributed by atoms with van der Waals surface area (Å²) >= 11 is 0. The van der Waals surface area contributed by atoms with Gasteiger partial charge >= 0.3 is 16.2 Å². The zero-order valence-corrected chi connectivity index (χ0v) is 14.2. The van der Waals surface area contributed by atoms with Gasteiger partial charge in [0.1, 0.15) is 5.75 Å². The summed E-state index contributed by atoms with van der Waals surface area (Å²) in [5, 5.41) is 0. The normalized spacial score (nSPS) is 16.4. The molecule has 0 radical (unpaired) electrons. The largest absolute Gasteiger partial charge is 0.423 e. The first-order chi connectivity index (χ1) is 11.8. The Labute approximate surface area is 145 Å². The summed E-state index contributed by atoms with van der Waals surface area (Å²) in [6.45, 7) is 1.69. The van der Waals surface area contributed by atoms with Gasteiger partial charge in [0.2, 0.25) is 5.91 Å². The van der Waals surface area contributed by atoms with Crippen LogP contribution in [-0.2, 0) is 21.5 Å². The number of carbonyl (C=O) groups is 2. The Bertz CT molecular complexity index is 922. The Kier molecular flexibility index (Phi) is 4.56. The zero-order chi connectivity index (χ0) is 18.0. The first-order valence-electron chi connectivity index (χ1n) is 7.52. The minimum atomic E-state index is -3.76. The molecular weight excluding hydrogens is 344 g/mol. The minimum absolute atomic E-state index is 0.0498. The van der Waals surface area contributed by atoms with Gasteiger partial charge in [-0.1, -0.05) is 30.3 Å². The molecule has 0 saturated carbocycles. The third-order valence-corrected chi connectivity index (χ3v) is 5.17. The highest BCUT2D eigenvalue weighted by Crippen LogP contribution is 2.19. The highest BCUT2D eigenvalue weighted by molar-refractivity contribution is 7.88. The second-order valence-electron chi connectivity index (χ2n) is 5.65. The molecule has 0 aromatic heterocycles. The first-order valence-corrected chi connectivity index (χ1v) is 8.96. The summed E-state index contributed by atoms with van der Waals surface area (Å²) in [5.74, 6) is -0.561. The van der Waals surface area contributed by atoms with Crippen molar-refractivity contribution in [2.45, 2.75) is 13.5 Å². The average molecular weight is 360 g/mol. The Morgan fingerprint density at radius 1 is 1.16 bits per heavy atom. The van der Waals surface area contributed by atoms with E-state index in [4.69, 9.17) is 4.74 Å². The number of para-hydroxylation sites is 1. The smallest absolute Gasteiger partial charge is 0.343 e. The van der Waals surface area contributed by atoms with Crippen LogP contribution in [0.15, 0.2) is 48.5 Å². The molecule has 1 N–H and O–H groups in total. The summed E-state index contributed by atoms with van der Waals surface area (Å²) in [6.07, 6.45) is 0. The third kappa shape index (κ3) is 3.86. The number of carbonyl (C=O) groups excluding carboxylic acids is 2. The Hall–Kier alpha value is -2.71. The van der Waals surface area contributed by atoms with E-state index >= 15 is 0 Å². The molecule has 8 heteroatoms. The van der Waals surface area contributed by atoms with Crippen LogP contribution in [0.2, 0.25) is 0 Å². The molecule has 0 spiro atoms. The minimum Gasteiger partial charge on any atom is -0.423 e. The number of nitrogens with one attached hydrogen (secondary N) is 1. The fraction of sp³-hybridized carbons (Fsp3) is 0.176. The lowest BCUT2D eigenvalue weighted by atomic mass is 10.1. The van der Waals surface area contributed by atoms with Crippen molar-refractivity contribution >= 4 is 22.1 Å². The quantitative estimate of drug-likeness (QED) is 0.657. The van der Waals surface area contributed by atoms with Crippen molar-refractivity contribution < 1.29 is 22.7 Å². The summed E-state index contributed by atoms with van der Waals surface area (Å²) in [6, 6.07) is 13.6. The van der Waals surface area contributed by atoms with Gasteiger partial charge in [0, 0.05) is 6.54 Å². The van der Waals surface area contributed by atoms with Crippen LogP contribution in [0, 0.1) is 6.92 Å². The van der Waals surface area contributed by atoms with Crippen LogP contribution >= 0.6 is 0 Å². The van der Waals surface area contributed by atoms with Gasteiger partial charge in [-0.15, -0.1) is 0 Å². The molecule has 7 nitrogen and oxygen atoms in total. The number of hydrogen-bond acceptors (Lipinski definition) is 5. The van der Waals surface area contributed by atoms with Crippen molar-refractivity contribution in [3.05, 3.63) is 65.2 Å². The lowest BCUT2D eigenvalue weighted by Gasteiger charge is -2.12. The zero-order valence-electron chi connectivity index (χ0n) is 13.4. The second kappa shape index (κ2) is 6.66. The maximum atomic E-state index is 12.2. The summed E-state index contributed by atoms with van der Waals surface area (Å²) in [5.41, 5.74) is 1.86. The van der Waals surface area contributed by atoms with Crippen LogP contribution in [0.5, 0.6) is 5.75 Å². The molecule has 1 fully saturated rings. The summed E-state index contributed by atoms with van der Waals surface area (Å²) in [7, 11) is -3.76. The van der Waals surface area contributed by atoms with Crippen molar-refractivity contribution in [2.75, 3.05) is 6.54 Å². The molecule has 1 amide bonds. The fourth-order valence-corrected chi connectivity index (χ4v) is 3.49. The third-order valence-electron chi connectivity index (χ3n) is 3.75. The Morgan fingerprint density at radius 3 is 2.44 bits per heavy atom. The van der Waals surface area contributed by atoms with Crippen LogP contribution in [0.4, 0.5) is 0 Å². The van der Waals surface area contributed by atoms with Crippen molar-refractivity contribution in [3.63, 3.8) is 0 Å². The predicted octanol–water partition coefficient (Wildman–Crippen LogP) is 1.39. The molecule has 130 valence electrons. The SMILES string of the molecule is Cc1ccccc1OC(=O)c1ccc(CN2CC(=O)NS2(=O)=O)cc1. The van der Waals surface area contributed by atoms with Crippen molar-refractivity contribution in [1.29, 1.82) is 0 Å². The molecular formula is C17H16N2O5S. The molecule has 2 aromatic rings. The average Bonchev–Trinajstić information content (AvgIpc) is 2.82. The van der Waals surface area contributed by atoms with E-state index in [1.165, 1.54) is 0 Å².